The molecule has 1 atom stereocenters. The Balaban J connectivity index is 1.42. The molecule has 8 heteroatoms. The van der Waals surface area contributed by atoms with Gasteiger partial charge in [-0.25, -0.2) is 9.37 Å². The molecule has 0 saturated heterocycles. The number of hydrogen-bond acceptors (Lipinski definition) is 6. The zero-order chi connectivity index (χ0) is 19.9. The minimum atomic E-state index is -0.892. The van der Waals surface area contributed by atoms with Crippen molar-refractivity contribution in [1.82, 2.24) is 10.3 Å². The molecule has 3 rings (SSSR count). The lowest BCUT2D eigenvalue weighted by atomic mass is 10.1. The Labute approximate surface area is 170 Å². The Morgan fingerprint density at radius 2 is 2.00 bits per heavy atom. The van der Waals surface area contributed by atoms with E-state index in [1.165, 1.54) is 30.4 Å². The number of benzene rings is 1. The van der Waals surface area contributed by atoms with Crippen LogP contribution < -0.4 is 5.32 Å². The van der Waals surface area contributed by atoms with Crippen molar-refractivity contribution in [2.45, 2.75) is 25.9 Å². The van der Waals surface area contributed by atoms with Crippen LogP contribution in [0.4, 0.5) is 4.39 Å². The number of halogens is 1. The van der Waals surface area contributed by atoms with E-state index in [0.29, 0.717) is 18.7 Å². The van der Waals surface area contributed by atoms with E-state index in [1.807, 2.05) is 22.9 Å². The van der Waals surface area contributed by atoms with E-state index in [9.17, 15) is 14.0 Å². The molecule has 0 aliphatic heterocycles. The number of rotatable bonds is 8. The lowest BCUT2D eigenvalue weighted by Crippen LogP contribution is -2.37. The Hall–Kier alpha value is -2.58. The summed E-state index contributed by atoms with van der Waals surface area (Å²) in [6, 6.07) is 10.0. The van der Waals surface area contributed by atoms with E-state index in [1.54, 1.807) is 23.5 Å². The van der Waals surface area contributed by atoms with Crippen molar-refractivity contribution < 1.29 is 18.7 Å². The molecule has 2 heterocycles. The summed E-state index contributed by atoms with van der Waals surface area (Å²) in [6.07, 6.45) is -0.303. The van der Waals surface area contributed by atoms with Crippen LogP contribution in [0.3, 0.4) is 0 Å². The third-order valence-electron chi connectivity index (χ3n) is 3.91. The number of nitrogens with one attached hydrogen (secondary N) is 1. The van der Waals surface area contributed by atoms with Crippen molar-refractivity contribution in [3.8, 4) is 9.88 Å². The van der Waals surface area contributed by atoms with Crippen LogP contribution >= 0.6 is 22.7 Å². The molecule has 0 aliphatic carbocycles. The summed E-state index contributed by atoms with van der Waals surface area (Å²) in [7, 11) is 0. The summed E-state index contributed by atoms with van der Waals surface area (Å²) < 4.78 is 18.1. The molecule has 146 valence electrons. The van der Waals surface area contributed by atoms with E-state index in [-0.39, 0.29) is 18.1 Å². The average molecular weight is 419 g/mol. The summed E-state index contributed by atoms with van der Waals surface area (Å²) >= 11 is 3.06. The summed E-state index contributed by atoms with van der Waals surface area (Å²) in [5, 5.41) is 7.38. The van der Waals surface area contributed by atoms with Crippen LogP contribution in [0.15, 0.2) is 47.2 Å². The van der Waals surface area contributed by atoms with Crippen molar-refractivity contribution in [1.29, 1.82) is 0 Å². The number of ether oxygens (including phenoxy) is 1. The van der Waals surface area contributed by atoms with Gasteiger partial charge in [-0.3, -0.25) is 9.59 Å². The fourth-order valence-electron chi connectivity index (χ4n) is 2.47. The zero-order valence-electron chi connectivity index (χ0n) is 15.2. The van der Waals surface area contributed by atoms with Crippen LogP contribution in [0.2, 0.25) is 0 Å². The minimum absolute atomic E-state index is 0.0229. The molecule has 0 fully saturated rings. The van der Waals surface area contributed by atoms with E-state index in [0.717, 1.165) is 15.4 Å². The maximum atomic E-state index is 12.9. The molecule has 2 aromatic heterocycles. The van der Waals surface area contributed by atoms with Crippen molar-refractivity contribution in [3.63, 3.8) is 0 Å². The highest BCUT2D eigenvalue weighted by Gasteiger charge is 2.18. The van der Waals surface area contributed by atoms with Crippen molar-refractivity contribution in [3.05, 3.63) is 64.2 Å². The number of aromatic nitrogens is 1. The van der Waals surface area contributed by atoms with Crippen molar-refractivity contribution in [2.75, 3.05) is 6.54 Å². The van der Waals surface area contributed by atoms with Gasteiger partial charge in [-0.1, -0.05) is 18.2 Å². The SMILES string of the molecule is CC(OC(=O)Cc1csc(-c2cccs2)n1)C(=O)NCCc1ccc(F)cc1. The molecule has 28 heavy (non-hydrogen) atoms. The second kappa shape index (κ2) is 9.57. The summed E-state index contributed by atoms with van der Waals surface area (Å²) in [6.45, 7) is 1.91. The Morgan fingerprint density at radius 3 is 2.71 bits per heavy atom. The third-order valence-corrected chi connectivity index (χ3v) is 5.84. The number of thiazole rings is 1. The molecule has 0 aliphatic rings. The number of hydrogen-bond donors (Lipinski definition) is 1. The van der Waals surface area contributed by atoms with Crippen LogP contribution in [-0.4, -0.2) is 29.5 Å². The fourth-order valence-corrected chi connectivity index (χ4v) is 4.10. The summed E-state index contributed by atoms with van der Waals surface area (Å²) in [5.41, 5.74) is 1.54. The molecule has 5 nitrogen and oxygen atoms in total. The molecule has 1 N–H and O–H groups in total. The van der Waals surface area contributed by atoms with Gasteiger partial charge < -0.3 is 10.1 Å². The van der Waals surface area contributed by atoms with Gasteiger partial charge in [-0.15, -0.1) is 22.7 Å². The molecule has 0 saturated carbocycles. The lowest BCUT2D eigenvalue weighted by Gasteiger charge is -2.13. The fraction of sp³-hybridized carbons (Fsp3) is 0.250. The van der Waals surface area contributed by atoms with E-state index in [4.69, 9.17) is 4.74 Å². The highest BCUT2D eigenvalue weighted by atomic mass is 32.1. The first kappa shape index (κ1) is 20.2. The van der Waals surface area contributed by atoms with Gasteiger partial charge in [-0.2, -0.15) is 0 Å². The first-order chi connectivity index (χ1) is 13.5. The quantitative estimate of drug-likeness (QED) is 0.565. The molecular weight excluding hydrogens is 399 g/mol. The van der Waals surface area contributed by atoms with Crippen LogP contribution in [0.5, 0.6) is 0 Å². The van der Waals surface area contributed by atoms with Gasteiger partial charge in [-0.05, 0) is 42.5 Å². The largest absolute Gasteiger partial charge is 0.452 e. The Kier molecular flexibility index (Phi) is 6.89. The van der Waals surface area contributed by atoms with Crippen LogP contribution in [0, 0.1) is 5.82 Å². The van der Waals surface area contributed by atoms with E-state index < -0.39 is 12.1 Å². The molecule has 0 bridgehead atoms. The molecule has 0 spiro atoms. The average Bonchev–Trinajstić information content (AvgIpc) is 3.34. The highest BCUT2D eigenvalue weighted by Crippen LogP contribution is 2.27. The van der Waals surface area contributed by atoms with Crippen LogP contribution in [0.1, 0.15) is 18.2 Å². The molecule has 3 aromatic rings. The smallest absolute Gasteiger partial charge is 0.312 e. The van der Waals surface area contributed by atoms with Gasteiger partial charge >= 0.3 is 5.97 Å². The number of amides is 1. The second-order valence-electron chi connectivity index (χ2n) is 6.10. The van der Waals surface area contributed by atoms with Gasteiger partial charge in [0.2, 0.25) is 0 Å². The van der Waals surface area contributed by atoms with E-state index >= 15 is 0 Å². The first-order valence-corrected chi connectivity index (χ1v) is 10.5. The van der Waals surface area contributed by atoms with Gasteiger partial charge in [0.25, 0.3) is 5.91 Å². The summed E-state index contributed by atoms with van der Waals surface area (Å²) in [5.74, 6) is -1.16. The van der Waals surface area contributed by atoms with Crippen molar-refractivity contribution in [2.24, 2.45) is 0 Å². The predicted octanol–water partition coefficient (Wildman–Crippen LogP) is 3.84. The number of carbonyl (C=O) groups is 2. The number of esters is 1. The molecule has 0 radical (unpaired) electrons. The predicted molar refractivity (Wildman–Crippen MR) is 108 cm³/mol. The maximum absolute atomic E-state index is 12.9. The van der Waals surface area contributed by atoms with Gasteiger partial charge in [0.15, 0.2) is 6.10 Å². The molecular formula is C20H19FN2O3S2. The Bertz CT molecular complexity index is 923. The maximum Gasteiger partial charge on any atom is 0.312 e. The van der Waals surface area contributed by atoms with Gasteiger partial charge in [0.05, 0.1) is 17.0 Å². The second-order valence-corrected chi connectivity index (χ2v) is 7.90. The number of nitrogens with zero attached hydrogens (tertiary/aromatic N) is 1. The third kappa shape index (κ3) is 5.71. The van der Waals surface area contributed by atoms with E-state index in [2.05, 4.69) is 10.3 Å². The molecule has 1 aromatic carbocycles. The number of thiophene rings is 1. The molecule has 1 amide bonds. The standard InChI is InChI=1S/C20H19FN2O3S2/c1-13(19(25)22-9-8-14-4-6-15(21)7-5-14)26-18(24)11-16-12-28-20(23-16)17-3-2-10-27-17/h2-7,10,12-13H,8-9,11H2,1H3,(H,22,25). The van der Waals surface area contributed by atoms with Gasteiger partial charge in [0.1, 0.15) is 10.8 Å². The van der Waals surface area contributed by atoms with Crippen molar-refractivity contribution >= 4 is 34.6 Å². The molecule has 1 unspecified atom stereocenters. The minimum Gasteiger partial charge on any atom is -0.452 e. The van der Waals surface area contributed by atoms with Crippen LogP contribution in [0.25, 0.3) is 9.88 Å². The Morgan fingerprint density at radius 1 is 1.21 bits per heavy atom. The zero-order valence-corrected chi connectivity index (χ0v) is 16.8. The lowest BCUT2D eigenvalue weighted by molar-refractivity contribution is -0.154. The number of carbonyl (C=O) groups excluding carboxylic acids is 2. The highest BCUT2D eigenvalue weighted by molar-refractivity contribution is 7.20. The summed E-state index contributed by atoms with van der Waals surface area (Å²) in [4.78, 5) is 29.6. The van der Waals surface area contributed by atoms with Gasteiger partial charge in [0, 0.05) is 11.9 Å². The van der Waals surface area contributed by atoms with Crippen LogP contribution in [-0.2, 0) is 27.2 Å². The monoisotopic (exact) mass is 418 g/mol. The normalized spacial score (nSPS) is 11.8. The first-order valence-electron chi connectivity index (χ1n) is 8.71. The topological polar surface area (TPSA) is 68.3 Å².